The standard InChI is InChI=1S/C10H7ClO2/c11-9-5-3-8(4-6-9)10(13)2-1-7-12/h3-6,12H,7H2. The lowest BCUT2D eigenvalue weighted by atomic mass is 10.1. The molecule has 3 heteroatoms. The first-order valence-electron chi connectivity index (χ1n) is 3.63. The number of ketones is 1. The minimum absolute atomic E-state index is 0.306. The van der Waals surface area contributed by atoms with Gasteiger partial charge in [0.2, 0.25) is 5.78 Å². The van der Waals surface area contributed by atoms with E-state index >= 15 is 0 Å². The predicted octanol–water partition coefficient (Wildman–Crippen LogP) is 1.52. The van der Waals surface area contributed by atoms with E-state index in [2.05, 4.69) is 11.8 Å². The Bertz CT molecular complexity index is 357. The van der Waals surface area contributed by atoms with Gasteiger partial charge in [-0.2, -0.15) is 0 Å². The number of halogens is 1. The number of carbonyl (C=O) groups excluding carboxylic acids is 1. The van der Waals surface area contributed by atoms with Crippen molar-refractivity contribution in [1.82, 2.24) is 0 Å². The number of Topliss-reactive ketones (excluding diaryl/α,β-unsaturated/α-hetero) is 1. The Balaban J connectivity index is 2.84. The molecule has 0 unspecified atom stereocenters. The minimum Gasteiger partial charge on any atom is -0.384 e. The Morgan fingerprint density at radius 2 is 2.00 bits per heavy atom. The van der Waals surface area contributed by atoms with Crippen molar-refractivity contribution in [2.75, 3.05) is 6.61 Å². The number of aliphatic hydroxyl groups is 1. The molecule has 0 bridgehead atoms. The molecule has 0 aliphatic carbocycles. The number of rotatable bonds is 1. The van der Waals surface area contributed by atoms with E-state index in [0.717, 1.165) is 0 Å². The third-order valence-electron chi connectivity index (χ3n) is 1.39. The lowest BCUT2D eigenvalue weighted by Crippen LogP contribution is -1.94. The minimum atomic E-state index is -0.314. The van der Waals surface area contributed by atoms with Gasteiger partial charge in [-0.1, -0.05) is 17.5 Å². The van der Waals surface area contributed by atoms with E-state index in [1.165, 1.54) is 0 Å². The Labute approximate surface area is 81.1 Å². The third-order valence-corrected chi connectivity index (χ3v) is 1.64. The van der Waals surface area contributed by atoms with Gasteiger partial charge in [-0.25, -0.2) is 0 Å². The molecule has 1 aromatic carbocycles. The summed E-state index contributed by atoms with van der Waals surface area (Å²) in [5, 5.41) is 8.93. The van der Waals surface area contributed by atoms with Crippen molar-refractivity contribution in [3.05, 3.63) is 34.9 Å². The Hall–Kier alpha value is -1.30. The van der Waals surface area contributed by atoms with Gasteiger partial charge in [0, 0.05) is 10.6 Å². The van der Waals surface area contributed by atoms with Crippen LogP contribution in [0.1, 0.15) is 10.4 Å². The van der Waals surface area contributed by atoms with Crippen LogP contribution in [0.15, 0.2) is 24.3 Å². The number of hydrogen-bond acceptors (Lipinski definition) is 2. The molecule has 13 heavy (non-hydrogen) atoms. The summed E-state index contributed by atoms with van der Waals surface area (Å²) in [6.45, 7) is -0.306. The largest absolute Gasteiger partial charge is 0.384 e. The van der Waals surface area contributed by atoms with Crippen molar-refractivity contribution in [1.29, 1.82) is 0 Å². The van der Waals surface area contributed by atoms with Crippen molar-refractivity contribution >= 4 is 17.4 Å². The molecule has 0 radical (unpaired) electrons. The second kappa shape index (κ2) is 4.66. The molecule has 1 aromatic rings. The molecule has 0 spiro atoms. The molecular formula is C10H7ClO2. The summed E-state index contributed by atoms with van der Waals surface area (Å²) >= 11 is 5.63. The Morgan fingerprint density at radius 1 is 1.38 bits per heavy atom. The fourth-order valence-electron chi connectivity index (χ4n) is 0.793. The smallest absolute Gasteiger partial charge is 0.235 e. The first-order valence-corrected chi connectivity index (χ1v) is 4.01. The summed E-state index contributed by atoms with van der Waals surface area (Å²) in [6, 6.07) is 6.43. The second-order valence-corrected chi connectivity index (χ2v) is 2.73. The van der Waals surface area contributed by atoms with Gasteiger partial charge in [0.1, 0.15) is 6.61 Å². The molecule has 0 aliphatic heterocycles. The van der Waals surface area contributed by atoms with Gasteiger partial charge in [-0.15, -0.1) is 0 Å². The maximum Gasteiger partial charge on any atom is 0.235 e. The summed E-state index contributed by atoms with van der Waals surface area (Å²) in [7, 11) is 0. The second-order valence-electron chi connectivity index (χ2n) is 2.30. The van der Waals surface area contributed by atoms with E-state index < -0.39 is 0 Å². The highest BCUT2D eigenvalue weighted by Crippen LogP contribution is 2.09. The quantitative estimate of drug-likeness (QED) is 0.418. The molecule has 0 saturated heterocycles. The first-order chi connectivity index (χ1) is 6.24. The van der Waals surface area contributed by atoms with E-state index in [1.54, 1.807) is 24.3 Å². The molecule has 0 atom stereocenters. The molecule has 2 nitrogen and oxygen atoms in total. The summed E-state index contributed by atoms with van der Waals surface area (Å²) < 4.78 is 0. The monoisotopic (exact) mass is 194 g/mol. The SMILES string of the molecule is O=C(C#CCO)c1ccc(Cl)cc1. The average molecular weight is 195 g/mol. The van der Waals surface area contributed by atoms with Crippen LogP contribution in [-0.4, -0.2) is 17.5 Å². The van der Waals surface area contributed by atoms with Gasteiger partial charge >= 0.3 is 0 Å². The Kier molecular flexibility index (Phi) is 3.51. The van der Waals surface area contributed by atoms with E-state index in [9.17, 15) is 4.79 Å². The maximum absolute atomic E-state index is 11.2. The van der Waals surface area contributed by atoms with Crippen LogP contribution in [0.25, 0.3) is 0 Å². The van der Waals surface area contributed by atoms with Crippen LogP contribution >= 0.6 is 11.6 Å². The zero-order valence-electron chi connectivity index (χ0n) is 6.75. The summed E-state index contributed by atoms with van der Waals surface area (Å²) in [4.78, 5) is 11.2. The fourth-order valence-corrected chi connectivity index (χ4v) is 0.919. The number of benzene rings is 1. The topological polar surface area (TPSA) is 37.3 Å². The zero-order valence-corrected chi connectivity index (χ0v) is 7.51. The van der Waals surface area contributed by atoms with Crippen LogP contribution in [0, 0.1) is 11.8 Å². The molecule has 0 fully saturated rings. The summed E-state index contributed by atoms with van der Waals surface area (Å²) in [5.41, 5.74) is 0.477. The van der Waals surface area contributed by atoms with E-state index in [-0.39, 0.29) is 12.4 Å². The highest BCUT2D eigenvalue weighted by Gasteiger charge is 2.00. The number of carbonyl (C=O) groups is 1. The van der Waals surface area contributed by atoms with Crippen LogP contribution in [0.5, 0.6) is 0 Å². The number of hydrogen-bond donors (Lipinski definition) is 1. The lowest BCUT2D eigenvalue weighted by molar-refractivity contribution is 0.105. The number of aliphatic hydroxyl groups excluding tert-OH is 1. The molecule has 0 amide bonds. The molecule has 1 N–H and O–H groups in total. The van der Waals surface area contributed by atoms with Crippen molar-refractivity contribution < 1.29 is 9.90 Å². The first kappa shape index (κ1) is 9.79. The molecule has 0 heterocycles. The van der Waals surface area contributed by atoms with Crippen molar-refractivity contribution in [2.24, 2.45) is 0 Å². The van der Waals surface area contributed by atoms with Crippen LogP contribution < -0.4 is 0 Å². The van der Waals surface area contributed by atoms with Crippen LogP contribution in [0.3, 0.4) is 0 Å². The lowest BCUT2D eigenvalue weighted by Gasteiger charge is -1.92. The van der Waals surface area contributed by atoms with Crippen molar-refractivity contribution in [3.63, 3.8) is 0 Å². The van der Waals surface area contributed by atoms with E-state index in [1.807, 2.05) is 0 Å². The highest BCUT2D eigenvalue weighted by molar-refractivity contribution is 6.30. The third kappa shape index (κ3) is 2.90. The zero-order chi connectivity index (χ0) is 9.68. The molecule has 0 aromatic heterocycles. The van der Waals surface area contributed by atoms with Crippen LogP contribution in [-0.2, 0) is 0 Å². The maximum atomic E-state index is 11.2. The summed E-state index contributed by atoms with van der Waals surface area (Å²) in [6.07, 6.45) is 0. The van der Waals surface area contributed by atoms with Crippen LogP contribution in [0.4, 0.5) is 0 Å². The molecule has 0 aliphatic rings. The van der Waals surface area contributed by atoms with E-state index in [0.29, 0.717) is 10.6 Å². The molecule has 0 saturated carbocycles. The molecular weight excluding hydrogens is 188 g/mol. The van der Waals surface area contributed by atoms with Crippen LogP contribution in [0.2, 0.25) is 5.02 Å². The van der Waals surface area contributed by atoms with Crippen molar-refractivity contribution in [2.45, 2.75) is 0 Å². The van der Waals surface area contributed by atoms with Gasteiger partial charge in [-0.3, -0.25) is 4.79 Å². The van der Waals surface area contributed by atoms with Gasteiger partial charge in [-0.05, 0) is 30.2 Å². The summed E-state index contributed by atoms with van der Waals surface area (Å²) in [5.74, 6) is 4.26. The normalized spacial score (nSPS) is 8.77. The van der Waals surface area contributed by atoms with Gasteiger partial charge < -0.3 is 5.11 Å². The highest BCUT2D eigenvalue weighted by atomic mass is 35.5. The van der Waals surface area contributed by atoms with Gasteiger partial charge in [0.15, 0.2) is 0 Å². The average Bonchev–Trinajstić information content (AvgIpc) is 2.15. The molecule has 66 valence electrons. The van der Waals surface area contributed by atoms with Gasteiger partial charge in [0.05, 0.1) is 0 Å². The predicted molar refractivity (Wildman–Crippen MR) is 50.6 cm³/mol. The van der Waals surface area contributed by atoms with E-state index in [4.69, 9.17) is 16.7 Å². The fraction of sp³-hybridized carbons (Fsp3) is 0.100. The molecule has 1 rings (SSSR count). The Morgan fingerprint density at radius 3 is 2.54 bits per heavy atom. The van der Waals surface area contributed by atoms with Crippen molar-refractivity contribution in [3.8, 4) is 11.8 Å². The van der Waals surface area contributed by atoms with Gasteiger partial charge in [0.25, 0.3) is 0 Å².